The zero-order chi connectivity index (χ0) is 37.6. The van der Waals surface area contributed by atoms with Crippen molar-refractivity contribution in [1.29, 1.82) is 0 Å². The molecule has 268 valence electrons. The number of rotatable bonds is 6. The molecule has 55 heavy (non-hydrogen) atoms. The summed E-state index contributed by atoms with van der Waals surface area (Å²) in [6, 6.07) is 48.8. The Labute approximate surface area is 326 Å². The minimum atomic E-state index is -0.109. The lowest BCUT2D eigenvalue weighted by atomic mass is 9.81. The first kappa shape index (κ1) is 33.5. The zero-order valence-electron chi connectivity index (χ0n) is 31.8. The fourth-order valence-electron chi connectivity index (χ4n) is 9.06. The Kier molecular flexibility index (Phi) is 7.46. The van der Waals surface area contributed by atoms with Crippen molar-refractivity contribution in [2.24, 2.45) is 0 Å². The molecule has 2 aliphatic rings. The molecule has 0 spiro atoms. The lowest BCUT2D eigenvalue weighted by molar-refractivity contribution is 0.413. The van der Waals surface area contributed by atoms with Gasteiger partial charge in [-0.25, -0.2) is 0 Å². The first-order valence-electron chi connectivity index (χ1n) is 18.8. The number of benzene rings is 7. The van der Waals surface area contributed by atoms with E-state index in [-0.39, 0.29) is 10.8 Å². The minimum absolute atomic E-state index is 0.109. The highest BCUT2D eigenvalue weighted by Crippen LogP contribution is 2.52. The van der Waals surface area contributed by atoms with E-state index in [0.29, 0.717) is 0 Å². The molecule has 2 aliphatic carbocycles. The molecule has 10 rings (SSSR count). The fourth-order valence-corrected chi connectivity index (χ4v) is 9.64. The predicted molar refractivity (Wildman–Crippen MR) is 227 cm³/mol. The van der Waals surface area contributed by atoms with E-state index in [1.54, 1.807) is 14.2 Å². The average molecular weight is 733 g/mol. The van der Waals surface area contributed by atoms with Gasteiger partial charge in [-0.15, -0.1) is 0 Å². The van der Waals surface area contributed by atoms with Gasteiger partial charge in [-0.2, -0.15) is 8.75 Å². The number of methoxy groups -OCH3 is 2. The number of ether oxygens (including phenoxy) is 2. The third-order valence-corrected chi connectivity index (χ3v) is 12.8. The molecule has 0 bridgehead atoms. The molecule has 0 N–H and O–H groups in total. The second-order valence-electron chi connectivity index (χ2n) is 15.9. The van der Waals surface area contributed by atoms with Gasteiger partial charge in [0.25, 0.3) is 0 Å². The summed E-state index contributed by atoms with van der Waals surface area (Å²) in [4.78, 5) is 0. The highest BCUT2D eigenvalue weighted by atomic mass is 32.1. The Bertz CT molecular complexity index is 2640. The van der Waals surface area contributed by atoms with E-state index < -0.39 is 0 Å². The maximum Gasteiger partial charge on any atom is 0.119 e. The summed E-state index contributed by atoms with van der Waals surface area (Å²) in [6.07, 6.45) is 0. The number of aromatic nitrogens is 2. The van der Waals surface area contributed by atoms with Crippen LogP contribution in [-0.2, 0) is 10.8 Å². The van der Waals surface area contributed by atoms with Crippen LogP contribution in [0.2, 0.25) is 0 Å². The molecule has 0 amide bonds. The van der Waals surface area contributed by atoms with Crippen LogP contribution in [0.25, 0.3) is 77.8 Å². The number of hydrogen-bond donors (Lipinski definition) is 0. The van der Waals surface area contributed by atoms with Gasteiger partial charge in [-0.3, -0.25) is 0 Å². The van der Waals surface area contributed by atoms with Crippen molar-refractivity contribution in [3.63, 3.8) is 0 Å². The molecule has 1 heterocycles. The Morgan fingerprint density at radius 3 is 1.05 bits per heavy atom. The summed E-state index contributed by atoms with van der Waals surface area (Å²) in [5.41, 5.74) is 21.4. The largest absolute Gasteiger partial charge is 0.497 e. The molecule has 8 aromatic rings. The third kappa shape index (κ3) is 5.10. The molecule has 0 radical (unpaired) electrons. The van der Waals surface area contributed by atoms with Crippen LogP contribution in [0, 0.1) is 0 Å². The summed E-state index contributed by atoms with van der Waals surface area (Å²) in [5.74, 6) is 1.80. The third-order valence-electron chi connectivity index (χ3n) is 12.2. The second-order valence-corrected chi connectivity index (χ2v) is 16.4. The summed E-state index contributed by atoms with van der Waals surface area (Å²) < 4.78 is 20.7. The fraction of sp³-hybridized carbons (Fsp3) is 0.160. The first-order chi connectivity index (χ1) is 26.6. The van der Waals surface area contributed by atoms with Gasteiger partial charge in [0.15, 0.2) is 0 Å². The van der Waals surface area contributed by atoms with Gasteiger partial charge in [0.05, 0.1) is 25.9 Å². The van der Waals surface area contributed by atoms with Crippen molar-refractivity contribution >= 4 is 22.8 Å². The van der Waals surface area contributed by atoms with Crippen LogP contribution in [0.5, 0.6) is 11.5 Å². The highest BCUT2D eigenvalue weighted by molar-refractivity contribution is 7.00. The van der Waals surface area contributed by atoms with E-state index in [9.17, 15) is 0 Å². The van der Waals surface area contributed by atoms with Gasteiger partial charge < -0.3 is 9.47 Å². The van der Waals surface area contributed by atoms with E-state index in [1.807, 2.05) is 0 Å². The lowest BCUT2D eigenvalue weighted by Crippen LogP contribution is -2.15. The molecule has 0 atom stereocenters. The molecule has 0 saturated heterocycles. The first-order valence-corrected chi connectivity index (χ1v) is 19.5. The average Bonchev–Trinajstić information content (AvgIpc) is 3.87. The zero-order valence-corrected chi connectivity index (χ0v) is 32.6. The van der Waals surface area contributed by atoms with Crippen LogP contribution in [0.4, 0.5) is 0 Å². The Morgan fingerprint density at radius 2 is 0.673 bits per heavy atom. The number of nitrogens with zero attached hydrogens (tertiary/aromatic N) is 2. The van der Waals surface area contributed by atoms with Crippen molar-refractivity contribution in [3.8, 4) is 78.3 Å². The monoisotopic (exact) mass is 732 g/mol. The molecule has 5 heteroatoms. The maximum absolute atomic E-state index is 5.56. The number of hydrogen-bond acceptors (Lipinski definition) is 5. The molecular formula is C50H40N2O2S. The van der Waals surface area contributed by atoms with Crippen LogP contribution in [-0.4, -0.2) is 23.0 Å². The predicted octanol–water partition coefficient (Wildman–Crippen LogP) is 13.0. The lowest BCUT2D eigenvalue weighted by Gasteiger charge is -2.22. The molecule has 0 fully saturated rings. The Morgan fingerprint density at radius 1 is 0.364 bits per heavy atom. The molecule has 0 aliphatic heterocycles. The normalized spacial score (nSPS) is 14.3. The van der Waals surface area contributed by atoms with Crippen LogP contribution in [0.1, 0.15) is 49.9 Å². The molecule has 7 aromatic carbocycles. The SMILES string of the molecule is COc1ccc2c(c1)C(C)(C)c1cc(-c3ccc(-c4ccc(-c5ccc(-c6ccc7c(c6)C(C)(C)c6cc(OC)ccc6-7)cc5)c5nsnc45)cc3)ccc1-2. The Balaban J connectivity index is 0.924. The summed E-state index contributed by atoms with van der Waals surface area (Å²) in [5, 5.41) is 0. The maximum atomic E-state index is 5.56. The smallest absolute Gasteiger partial charge is 0.119 e. The van der Waals surface area contributed by atoms with Crippen LogP contribution >= 0.6 is 11.7 Å². The van der Waals surface area contributed by atoms with Crippen molar-refractivity contribution in [1.82, 2.24) is 8.75 Å². The van der Waals surface area contributed by atoms with Gasteiger partial charge in [0.1, 0.15) is 22.5 Å². The molecule has 1 aromatic heterocycles. The van der Waals surface area contributed by atoms with Gasteiger partial charge in [-0.05, 0) is 114 Å². The van der Waals surface area contributed by atoms with Crippen molar-refractivity contribution in [2.45, 2.75) is 38.5 Å². The van der Waals surface area contributed by atoms with Crippen molar-refractivity contribution in [3.05, 3.63) is 156 Å². The summed E-state index contributed by atoms with van der Waals surface area (Å²) in [6.45, 7) is 9.23. The van der Waals surface area contributed by atoms with E-state index in [2.05, 4.69) is 161 Å². The highest BCUT2D eigenvalue weighted by Gasteiger charge is 2.37. The Hall–Kier alpha value is -6.04. The topological polar surface area (TPSA) is 44.2 Å². The van der Waals surface area contributed by atoms with E-state index in [0.717, 1.165) is 44.8 Å². The van der Waals surface area contributed by atoms with E-state index >= 15 is 0 Å². The summed E-state index contributed by atoms with van der Waals surface area (Å²) in [7, 11) is 3.46. The van der Waals surface area contributed by atoms with Gasteiger partial charge in [0.2, 0.25) is 0 Å². The van der Waals surface area contributed by atoms with E-state index in [1.165, 1.54) is 78.5 Å². The van der Waals surface area contributed by atoms with Gasteiger partial charge in [-0.1, -0.05) is 125 Å². The van der Waals surface area contributed by atoms with Gasteiger partial charge >= 0.3 is 0 Å². The quantitative estimate of drug-likeness (QED) is 0.171. The minimum Gasteiger partial charge on any atom is -0.497 e. The van der Waals surface area contributed by atoms with Gasteiger partial charge in [0, 0.05) is 22.0 Å². The summed E-state index contributed by atoms with van der Waals surface area (Å²) >= 11 is 1.27. The molecule has 4 nitrogen and oxygen atoms in total. The second kappa shape index (κ2) is 12.2. The van der Waals surface area contributed by atoms with Crippen LogP contribution < -0.4 is 9.47 Å². The number of fused-ring (bicyclic) bond motifs is 7. The van der Waals surface area contributed by atoms with Crippen LogP contribution in [0.3, 0.4) is 0 Å². The molecule has 0 saturated carbocycles. The van der Waals surface area contributed by atoms with Crippen LogP contribution in [0.15, 0.2) is 133 Å². The standard InChI is InChI=1S/C50H40N2O2S/c1-49(2)43-25-33(15-19-39(43)41-21-17-35(53-5)27-45(41)49)29-7-11-31(12-8-29)37-23-24-38(48-47(37)51-55-52-48)32-13-9-30(10-14-32)34-16-20-40-42-22-18-36(54-6)28-46(42)50(3,4)44(40)26-34/h7-28H,1-6H3. The van der Waals surface area contributed by atoms with Crippen molar-refractivity contribution in [2.75, 3.05) is 14.2 Å². The molecular weight excluding hydrogens is 693 g/mol. The van der Waals surface area contributed by atoms with Crippen molar-refractivity contribution < 1.29 is 9.47 Å². The van der Waals surface area contributed by atoms with E-state index in [4.69, 9.17) is 18.2 Å². The molecule has 0 unspecified atom stereocenters.